The maximum Gasteiger partial charge on any atom is 0.306 e. The van der Waals surface area contributed by atoms with Crippen molar-refractivity contribution in [1.82, 2.24) is 0 Å². The summed E-state index contributed by atoms with van der Waals surface area (Å²) in [6.45, 7) is 0. The molecule has 16 heavy (non-hydrogen) atoms. The fourth-order valence-corrected chi connectivity index (χ4v) is 1.81. The fourth-order valence-electron chi connectivity index (χ4n) is 1.81. The van der Waals surface area contributed by atoms with Crippen molar-refractivity contribution in [2.45, 2.75) is 18.9 Å². The van der Waals surface area contributed by atoms with Crippen molar-refractivity contribution in [3.05, 3.63) is 23.8 Å². The second kappa shape index (κ2) is 4.43. The maximum atomic E-state index is 11.0. The van der Waals surface area contributed by atoms with E-state index < -0.39 is 0 Å². The Balaban J connectivity index is 2.25. The van der Waals surface area contributed by atoms with Crippen LogP contribution < -0.4 is 9.47 Å². The van der Waals surface area contributed by atoms with Crippen LogP contribution >= 0.6 is 0 Å². The SMILES string of the molecule is COc1ccc([C@H]2CCC(=O)O2)cc1OC. The minimum atomic E-state index is -0.146. The van der Waals surface area contributed by atoms with Gasteiger partial charge in [0.25, 0.3) is 0 Å². The first-order valence-electron chi connectivity index (χ1n) is 5.16. The zero-order chi connectivity index (χ0) is 11.5. The van der Waals surface area contributed by atoms with E-state index in [1.54, 1.807) is 14.2 Å². The largest absolute Gasteiger partial charge is 0.493 e. The number of carbonyl (C=O) groups excluding carboxylic acids is 1. The number of methoxy groups -OCH3 is 2. The molecule has 1 aliphatic rings. The van der Waals surface area contributed by atoms with Gasteiger partial charge in [0.15, 0.2) is 11.5 Å². The summed E-state index contributed by atoms with van der Waals surface area (Å²) < 4.78 is 15.5. The molecule has 0 radical (unpaired) electrons. The van der Waals surface area contributed by atoms with E-state index in [1.165, 1.54) is 0 Å². The van der Waals surface area contributed by atoms with Crippen LogP contribution in [0.25, 0.3) is 0 Å². The molecule has 1 fully saturated rings. The summed E-state index contributed by atoms with van der Waals surface area (Å²) in [4.78, 5) is 11.0. The Morgan fingerprint density at radius 2 is 2.00 bits per heavy atom. The molecule has 0 bridgehead atoms. The molecule has 0 saturated carbocycles. The summed E-state index contributed by atoms with van der Waals surface area (Å²) in [7, 11) is 3.18. The molecule has 4 nitrogen and oxygen atoms in total. The highest BCUT2D eigenvalue weighted by Gasteiger charge is 2.25. The Labute approximate surface area is 94.1 Å². The van der Waals surface area contributed by atoms with Gasteiger partial charge in [-0.2, -0.15) is 0 Å². The highest BCUT2D eigenvalue weighted by molar-refractivity contribution is 5.71. The third-order valence-electron chi connectivity index (χ3n) is 2.66. The number of ether oxygens (including phenoxy) is 3. The van der Waals surface area contributed by atoms with Gasteiger partial charge in [0.05, 0.1) is 14.2 Å². The second-order valence-corrected chi connectivity index (χ2v) is 3.63. The van der Waals surface area contributed by atoms with E-state index in [0.29, 0.717) is 17.9 Å². The Morgan fingerprint density at radius 3 is 2.56 bits per heavy atom. The lowest BCUT2D eigenvalue weighted by atomic mass is 10.1. The topological polar surface area (TPSA) is 44.8 Å². The fraction of sp³-hybridized carbons (Fsp3) is 0.417. The number of esters is 1. The third-order valence-corrected chi connectivity index (χ3v) is 2.66. The molecule has 0 spiro atoms. The van der Waals surface area contributed by atoms with Crippen molar-refractivity contribution in [1.29, 1.82) is 0 Å². The molecular formula is C12H14O4. The highest BCUT2D eigenvalue weighted by atomic mass is 16.5. The predicted octanol–water partition coefficient (Wildman–Crippen LogP) is 2.08. The number of hydrogen-bond acceptors (Lipinski definition) is 4. The van der Waals surface area contributed by atoms with Gasteiger partial charge in [-0.3, -0.25) is 4.79 Å². The third kappa shape index (κ3) is 1.96. The molecule has 0 unspecified atom stereocenters. The van der Waals surface area contributed by atoms with E-state index in [4.69, 9.17) is 14.2 Å². The molecule has 1 aromatic rings. The van der Waals surface area contributed by atoms with Gasteiger partial charge in [-0.15, -0.1) is 0 Å². The lowest BCUT2D eigenvalue weighted by molar-refractivity contribution is -0.141. The van der Waals surface area contributed by atoms with Gasteiger partial charge in [0.2, 0.25) is 0 Å². The average molecular weight is 222 g/mol. The molecule has 0 aliphatic carbocycles. The summed E-state index contributed by atoms with van der Waals surface area (Å²) in [6.07, 6.45) is 1.07. The van der Waals surface area contributed by atoms with Crippen molar-refractivity contribution in [3.8, 4) is 11.5 Å². The normalized spacial score (nSPS) is 19.4. The molecule has 4 heteroatoms. The molecule has 0 N–H and O–H groups in total. The smallest absolute Gasteiger partial charge is 0.306 e. The predicted molar refractivity (Wildman–Crippen MR) is 57.6 cm³/mol. The molecule has 0 amide bonds. The molecular weight excluding hydrogens is 208 g/mol. The molecule has 1 saturated heterocycles. The Kier molecular flexibility index (Phi) is 2.99. The first-order valence-corrected chi connectivity index (χ1v) is 5.16. The summed E-state index contributed by atoms with van der Waals surface area (Å²) >= 11 is 0. The second-order valence-electron chi connectivity index (χ2n) is 3.63. The maximum absolute atomic E-state index is 11.0. The molecule has 1 atom stereocenters. The number of hydrogen-bond donors (Lipinski definition) is 0. The van der Waals surface area contributed by atoms with E-state index in [9.17, 15) is 4.79 Å². The average Bonchev–Trinajstić information content (AvgIpc) is 2.75. The van der Waals surface area contributed by atoms with Crippen LogP contribution in [0, 0.1) is 0 Å². The Bertz CT molecular complexity index is 400. The van der Waals surface area contributed by atoms with Gasteiger partial charge in [0, 0.05) is 6.42 Å². The van der Waals surface area contributed by atoms with Crippen LogP contribution in [0.5, 0.6) is 11.5 Å². The van der Waals surface area contributed by atoms with Gasteiger partial charge in [-0.1, -0.05) is 6.07 Å². The van der Waals surface area contributed by atoms with Gasteiger partial charge >= 0.3 is 5.97 Å². The van der Waals surface area contributed by atoms with Crippen LogP contribution in [0.3, 0.4) is 0 Å². The highest BCUT2D eigenvalue weighted by Crippen LogP contribution is 2.35. The summed E-state index contributed by atoms with van der Waals surface area (Å²) in [5.41, 5.74) is 0.948. The van der Waals surface area contributed by atoms with Crippen molar-refractivity contribution in [2.75, 3.05) is 14.2 Å². The number of rotatable bonds is 3. The van der Waals surface area contributed by atoms with Crippen LogP contribution in [0.2, 0.25) is 0 Å². The molecule has 86 valence electrons. The van der Waals surface area contributed by atoms with Gasteiger partial charge < -0.3 is 14.2 Å². The molecule has 1 aliphatic heterocycles. The summed E-state index contributed by atoms with van der Waals surface area (Å²) in [5.74, 6) is 1.19. The Hall–Kier alpha value is -1.71. The Morgan fingerprint density at radius 1 is 1.25 bits per heavy atom. The zero-order valence-electron chi connectivity index (χ0n) is 9.36. The van der Waals surface area contributed by atoms with Crippen LogP contribution in [0.4, 0.5) is 0 Å². The van der Waals surface area contributed by atoms with Crippen molar-refractivity contribution >= 4 is 5.97 Å². The first-order chi connectivity index (χ1) is 7.74. The molecule has 1 heterocycles. The summed E-state index contributed by atoms with van der Waals surface area (Å²) in [5, 5.41) is 0. The van der Waals surface area contributed by atoms with Crippen LogP contribution in [0.1, 0.15) is 24.5 Å². The van der Waals surface area contributed by atoms with Crippen molar-refractivity contribution in [2.24, 2.45) is 0 Å². The van der Waals surface area contributed by atoms with E-state index in [1.807, 2.05) is 18.2 Å². The zero-order valence-corrected chi connectivity index (χ0v) is 9.36. The van der Waals surface area contributed by atoms with Crippen LogP contribution in [-0.2, 0) is 9.53 Å². The van der Waals surface area contributed by atoms with E-state index >= 15 is 0 Å². The van der Waals surface area contributed by atoms with E-state index in [2.05, 4.69) is 0 Å². The van der Waals surface area contributed by atoms with E-state index in [-0.39, 0.29) is 12.1 Å². The monoisotopic (exact) mass is 222 g/mol. The van der Waals surface area contributed by atoms with Gasteiger partial charge in [-0.25, -0.2) is 0 Å². The first kappa shape index (κ1) is 10.8. The standard InChI is InChI=1S/C12H14O4/c1-14-10-4-3-8(7-11(10)15-2)9-5-6-12(13)16-9/h3-4,7,9H,5-6H2,1-2H3/t9-/m1/s1. The lowest BCUT2D eigenvalue weighted by Gasteiger charge is -2.13. The van der Waals surface area contributed by atoms with Crippen LogP contribution in [-0.4, -0.2) is 20.2 Å². The van der Waals surface area contributed by atoms with Crippen LogP contribution in [0.15, 0.2) is 18.2 Å². The quantitative estimate of drug-likeness (QED) is 0.734. The number of benzene rings is 1. The molecule has 0 aromatic heterocycles. The van der Waals surface area contributed by atoms with E-state index in [0.717, 1.165) is 12.0 Å². The summed E-state index contributed by atoms with van der Waals surface area (Å²) in [6, 6.07) is 5.56. The van der Waals surface area contributed by atoms with Gasteiger partial charge in [0.1, 0.15) is 6.10 Å². The van der Waals surface area contributed by atoms with Crippen molar-refractivity contribution in [3.63, 3.8) is 0 Å². The minimum Gasteiger partial charge on any atom is -0.493 e. The minimum absolute atomic E-state index is 0.139. The van der Waals surface area contributed by atoms with Crippen molar-refractivity contribution < 1.29 is 19.0 Å². The molecule has 2 rings (SSSR count). The number of carbonyl (C=O) groups is 1. The molecule has 1 aromatic carbocycles. The number of cyclic esters (lactones) is 1. The lowest BCUT2D eigenvalue weighted by Crippen LogP contribution is -2.00. The van der Waals surface area contributed by atoms with Gasteiger partial charge in [-0.05, 0) is 24.1 Å².